The van der Waals surface area contributed by atoms with Gasteiger partial charge in [-0.05, 0) is 23.9 Å². The maximum atomic E-state index is 5.72. The Bertz CT molecular complexity index is 218. The van der Waals surface area contributed by atoms with Crippen LogP contribution in [0.25, 0.3) is 6.08 Å². The van der Waals surface area contributed by atoms with E-state index in [1.807, 2.05) is 0 Å². The molecule has 1 heterocycles. The van der Waals surface area contributed by atoms with Crippen LogP contribution in [0.3, 0.4) is 0 Å². The number of halogens is 1. The second-order valence-corrected chi connectivity index (χ2v) is 3.55. The van der Waals surface area contributed by atoms with Gasteiger partial charge in [0.05, 0.1) is 0 Å². The first-order valence-electron chi connectivity index (χ1n) is 3.65. The van der Waals surface area contributed by atoms with Crippen LogP contribution in [0.15, 0.2) is 23.1 Å². The number of hydrogen-bond acceptors (Lipinski definition) is 1. The summed E-state index contributed by atoms with van der Waals surface area (Å²) < 4.78 is 0. The fourth-order valence-electron chi connectivity index (χ4n) is 0.810. The predicted octanol–water partition coefficient (Wildman–Crippen LogP) is 3.78. The zero-order chi connectivity index (χ0) is 8.10. The maximum absolute atomic E-state index is 5.72. The second-order valence-electron chi connectivity index (χ2n) is 2.31. The average molecular weight is 187 g/mol. The molecule has 0 nitrogen and oxygen atoms in total. The first-order chi connectivity index (χ1) is 5.36. The van der Waals surface area contributed by atoms with E-state index in [4.69, 9.17) is 11.6 Å². The van der Waals surface area contributed by atoms with Crippen molar-refractivity contribution in [2.24, 2.45) is 0 Å². The molecule has 60 valence electrons. The van der Waals surface area contributed by atoms with E-state index in [-0.39, 0.29) is 0 Å². The van der Waals surface area contributed by atoms with E-state index < -0.39 is 0 Å². The summed E-state index contributed by atoms with van der Waals surface area (Å²) in [4.78, 5) is 1.29. The van der Waals surface area contributed by atoms with Gasteiger partial charge >= 0.3 is 0 Å². The average Bonchev–Trinajstić information content (AvgIpc) is 2.52. The van der Waals surface area contributed by atoms with Crippen molar-refractivity contribution in [2.75, 3.05) is 5.88 Å². The van der Waals surface area contributed by atoms with Crippen LogP contribution in [0.1, 0.15) is 18.2 Å². The van der Waals surface area contributed by atoms with Crippen LogP contribution in [0.5, 0.6) is 0 Å². The molecule has 0 aliphatic carbocycles. The predicted molar refractivity (Wildman–Crippen MR) is 53.3 cm³/mol. The number of hydrogen-bond donors (Lipinski definition) is 0. The third-order valence-corrected chi connectivity index (χ3v) is 2.68. The standard InChI is InChI=1S/C9H11ClS/c1-2-8(7-10)6-9-4-3-5-11-9/h3-6H,2,7H2,1H3. The first kappa shape index (κ1) is 8.82. The van der Waals surface area contributed by atoms with Crippen LogP contribution < -0.4 is 0 Å². The van der Waals surface area contributed by atoms with Crippen molar-refractivity contribution >= 4 is 29.0 Å². The molecule has 1 aromatic heterocycles. The SMILES string of the molecule is CCC(=Cc1cccs1)CCl. The van der Waals surface area contributed by atoms with Gasteiger partial charge in [-0.1, -0.05) is 18.6 Å². The molecule has 1 rings (SSSR count). The van der Waals surface area contributed by atoms with Gasteiger partial charge in [0.25, 0.3) is 0 Å². The molecule has 11 heavy (non-hydrogen) atoms. The summed E-state index contributed by atoms with van der Waals surface area (Å²) in [6.07, 6.45) is 3.21. The number of rotatable bonds is 3. The Kier molecular flexibility index (Phi) is 3.67. The summed E-state index contributed by atoms with van der Waals surface area (Å²) in [6.45, 7) is 2.13. The van der Waals surface area contributed by atoms with E-state index in [2.05, 4.69) is 30.5 Å². The van der Waals surface area contributed by atoms with Crippen LogP contribution >= 0.6 is 22.9 Å². The normalized spacial score (nSPS) is 12.0. The Morgan fingerprint density at radius 2 is 2.55 bits per heavy atom. The molecule has 0 unspecified atom stereocenters. The van der Waals surface area contributed by atoms with E-state index in [0.29, 0.717) is 5.88 Å². The van der Waals surface area contributed by atoms with Crippen LogP contribution in [0.4, 0.5) is 0 Å². The van der Waals surface area contributed by atoms with Crippen molar-refractivity contribution < 1.29 is 0 Å². The van der Waals surface area contributed by atoms with Gasteiger partial charge in [-0.25, -0.2) is 0 Å². The Morgan fingerprint density at radius 1 is 1.73 bits per heavy atom. The quantitative estimate of drug-likeness (QED) is 0.631. The molecule has 0 fully saturated rings. The molecule has 0 saturated carbocycles. The smallest absolute Gasteiger partial charge is 0.0437 e. The van der Waals surface area contributed by atoms with E-state index >= 15 is 0 Å². The van der Waals surface area contributed by atoms with Crippen molar-refractivity contribution in [3.8, 4) is 0 Å². The summed E-state index contributed by atoms with van der Waals surface area (Å²) in [7, 11) is 0. The molecule has 0 spiro atoms. The Morgan fingerprint density at radius 3 is 3.00 bits per heavy atom. The van der Waals surface area contributed by atoms with Crippen molar-refractivity contribution in [1.82, 2.24) is 0 Å². The highest BCUT2D eigenvalue weighted by Crippen LogP contribution is 2.15. The lowest BCUT2D eigenvalue weighted by Gasteiger charge is -1.95. The second kappa shape index (κ2) is 4.58. The van der Waals surface area contributed by atoms with Gasteiger partial charge in [-0.2, -0.15) is 0 Å². The van der Waals surface area contributed by atoms with Gasteiger partial charge in [0.15, 0.2) is 0 Å². The van der Waals surface area contributed by atoms with E-state index in [0.717, 1.165) is 6.42 Å². The minimum Gasteiger partial charge on any atom is -0.144 e. The molecule has 2 heteroatoms. The van der Waals surface area contributed by atoms with E-state index in [1.54, 1.807) is 11.3 Å². The lowest BCUT2D eigenvalue weighted by Crippen LogP contribution is -1.79. The summed E-state index contributed by atoms with van der Waals surface area (Å²) in [5.74, 6) is 0.647. The van der Waals surface area contributed by atoms with Gasteiger partial charge in [0.1, 0.15) is 0 Å². The highest BCUT2D eigenvalue weighted by atomic mass is 35.5. The minimum atomic E-state index is 0.647. The Labute approximate surface area is 76.5 Å². The van der Waals surface area contributed by atoms with Gasteiger partial charge in [0.2, 0.25) is 0 Å². The van der Waals surface area contributed by atoms with Crippen LogP contribution in [0, 0.1) is 0 Å². The lowest BCUT2D eigenvalue weighted by molar-refractivity contribution is 1.12. The highest BCUT2D eigenvalue weighted by Gasteiger charge is 1.92. The molecular formula is C9H11ClS. The lowest BCUT2D eigenvalue weighted by atomic mass is 10.2. The Balaban J connectivity index is 2.71. The largest absolute Gasteiger partial charge is 0.144 e. The third-order valence-electron chi connectivity index (χ3n) is 1.52. The van der Waals surface area contributed by atoms with Crippen molar-refractivity contribution in [3.05, 3.63) is 28.0 Å². The number of allylic oxidation sites excluding steroid dienone is 1. The Hall–Kier alpha value is -0.270. The topological polar surface area (TPSA) is 0 Å². The van der Waals surface area contributed by atoms with Crippen molar-refractivity contribution in [2.45, 2.75) is 13.3 Å². The number of thiophene rings is 1. The molecule has 0 saturated heterocycles. The van der Waals surface area contributed by atoms with Crippen molar-refractivity contribution in [1.29, 1.82) is 0 Å². The van der Waals surface area contributed by atoms with E-state index in [9.17, 15) is 0 Å². The van der Waals surface area contributed by atoms with Gasteiger partial charge in [-0.3, -0.25) is 0 Å². The molecule has 0 aromatic carbocycles. The molecule has 0 aliphatic rings. The maximum Gasteiger partial charge on any atom is 0.0437 e. The van der Waals surface area contributed by atoms with Gasteiger partial charge in [-0.15, -0.1) is 22.9 Å². The molecule has 0 radical (unpaired) electrons. The van der Waals surface area contributed by atoms with Gasteiger partial charge in [0, 0.05) is 10.8 Å². The molecule has 1 aromatic rings. The third kappa shape index (κ3) is 2.68. The molecular weight excluding hydrogens is 176 g/mol. The summed E-state index contributed by atoms with van der Waals surface area (Å²) >= 11 is 7.47. The monoisotopic (exact) mass is 186 g/mol. The number of alkyl halides is 1. The van der Waals surface area contributed by atoms with Gasteiger partial charge < -0.3 is 0 Å². The minimum absolute atomic E-state index is 0.647. The van der Waals surface area contributed by atoms with Crippen LogP contribution in [-0.4, -0.2) is 5.88 Å². The molecule has 0 aliphatic heterocycles. The molecule has 0 bridgehead atoms. The molecule has 0 amide bonds. The fourth-order valence-corrected chi connectivity index (χ4v) is 1.78. The molecule has 0 atom stereocenters. The summed E-state index contributed by atoms with van der Waals surface area (Å²) in [5.41, 5.74) is 1.30. The van der Waals surface area contributed by atoms with Crippen LogP contribution in [0.2, 0.25) is 0 Å². The highest BCUT2D eigenvalue weighted by molar-refractivity contribution is 7.10. The summed E-state index contributed by atoms with van der Waals surface area (Å²) in [5, 5.41) is 2.08. The zero-order valence-corrected chi connectivity index (χ0v) is 8.08. The van der Waals surface area contributed by atoms with E-state index in [1.165, 1.54) is 10.5 Å². The zero-order valence-electron chi connectivity index (χ0n) is 6.51. The first-order valence-corrected chi connectivity index (χ1v) is 5.07. The van der Waals surface area contributed by atoms with Crippen molar-refractivity contribution in [3.63, 3.8) is 0 Å². The van der Waals surface area contributed by atoms with Crippen LogP contribution in [-0.2, 0) is 0 Å². The summed E-state index contributed by atoms with van der Waals surface area (Å²) in [6, 6.07) is 4.16. The molecule has 0 N–H and O–H groups in total. The fraction of sp³-hybridized carbons (Fsp3) is 0.333.